The number of aromatic nitrogens is 2. The fourth-order valence-corrected chi connectivity index (χ4v) is 7.51. The molecule has 0 fully saturated rings. The number of fused-ring (bicyclic) bond motifs is 5. The molecule has 5 nitrogen and oxygen atoms in total. The Labute approximate surface area is 274 Å². The van der Waals surface area contributed by atoms with Crippen LogP contribution < -0.4 is 9.64 Å². The Morgan fingerprint density at radius 3 is 2.13 bits per heavy atom. The summed E-state index contributed by atoms with van der Waals surface area (Å²) in [7, 11) is 2.21. The highest BCUT2D eigenvalue weighted by atomic mass is 16.5. The summed E-state index contributed by atoms with van der Waals surface area (Å²) in [4.78, 5) is 9.40. The summed E-state index contributed by atoms with van der Waals surface area (Å²) in [6, 6.07) is 47.2. The van der Waals surface area contributed by atoms with E-state index in [1.165, 1.54) is 38.7 Å². The van der Waals surface area contributed by atoms with Crippen molar-refractivity contribution in [1.82, 2.24) is 14.5 Å². The molecule has 2 aromatic heterocycles. The van der Waals surface area contributed by atoms with Crippen LogP contribution in [0.15, 0.2) is 152 Å². The number of ether oxygens (including phenoxy) is 1. The molecule has 0 saturated carbocycles. The van der Waals surface area contributed by atoms with E-state index >= 15 is 0 Å². The average molecular weight is 611 g/mol. The lowest BCUT2D eigenvalue weighted by Gasteiger charge is -2.27. The van der Waals surface area contributed by atoms with Crippen molar-refractivity contribution in [3.8, 4) is 17.3 Å². The van der Waals surface area contributed by atoms with Crippen LogP contribution in [0.5, 0.6) is 11.5 Å². The molecule has 2 aliphatic rings. The van der Waals surface area contributed by atoms with Crippen LogP contribution >= 0.6 is 0 Å². The number of hydrogen-bond acceptors (Lipinski definition) is 4. The van der Waals surface area contributed by atoms with Crippen molar-refractivity contribution in [2.24, 2.45) is 0 Å². The lowest BCUT2D eigenvalue weighted by molar-refractivity contribution is 0.436. The second-order valence-electron chi connectivity index (χ2n) is 12.5. The predicted molar refractivity (Wildman–Crippen MR) is 190 cm³/mol. The van der Waals surface area contributed by atoms with Crippen LogP contribution in [-0.4, -0.2) is 28.2 Å². The van der Waals surface area contributed by atoms with E-state index in [-0.39, 0.29) is 5.92 Å². The van der Waals surface area contributed by atoms with Gasteiger partial charge in [-0.05, 0) is 77.6 Å². The lowest BCUT2D eigenvalue weighted by atomic mass is 9.85. The molecule has 0 saturated heterocycles. The third-order valence-corrected chi connectivity index (χ3v) is 9.69. The molecule has 0 spiro atoms. The van der Waals surface area contributed by atoms with Crippen LogP contribution in [0.25, 0.3) is 27.6 Å². The van der Waals surface area contributed by atoms with Gasteiger partial charge in [0.25, 0.3) is 0 Å². The molecular weight excluding hydrogens is 576 g/mol. The minimum Gasteiger partial charge on any atom is -0.457 e. The van der Waals surface area contributed by atoms with Crippen molar-refractivity contribution in [2.45, 2.75) is 18.8 Å². The van der Waals surface area contributed by atoms with Gasteiger partial charge in [0.05, 0.1) is 23.6 Å². The zero-order valence-electron chi connectivity index (χ0n) is 26.3. The molecule has 0 unspecified atom stereocenters. The van der Waals surface area contributed by atoms with E-state index in [1.807, 2.05) is 30.5 Å². The van der Waals surface area contributed by atoms with Crippen molar-refractivity contribution >= 4 is 27.5 Å². The maximum atomic E-state index is 6.56. The quantitative estimate of drug-likeness (QED) is 0.194. The Morgan fingerprint density at radius 1 is 0.638 bits per heavy atom. The SMILES string of the molecule is CN1CN(c2cccc(Oc3ccc4c5ccccc5n(-c5ccccn5)c4c3)c2)C=C1C1c2ccccc2CCc2ccccc21. The summed E-state index contributed by atoms with van der Waals surface area (Å²) in [6.45, 7) is 0.774. The third-order valence-electron chi connectivity index (χ3n) is 9.69. The van der Waals surface area contributed by atoms with Gasteiger partial charge in [0.1, 0.15) is 17.3 Å². The zero-order chi connectivity index (χ0) is 31.3. The van der Waals surface area contributed by atoms with E-state index in [2.05, 4.69) is 142 Å². The molecule has 0 radical (unpaired) electrons. The molecule has 47 heavy (non-hydrogen) atoms. The van der Waals surface area contributed by atoms with Gasteiger partial charge in [0.15, 0.2) is 0 Å². The van der Waals surface area contributed by atoms with Crippen molar-refractivity contribution in [3.63, 3.8) is 0 Å². The number of pyridine rings is 1. The number of nitrogens with zero attached hydrogens (tertiary/aromatic N) is 4. The van der Waals surface area contributed by atoms with E-state index in [0.717, 1.165) is 53.5 Å². The monoisotopic (exact) mass is 610 g/mol. The van der Waals surface area contributed by atoms with E-state index in [4.69, 9.17) is 4.74 Å². The molecule has 3 heterocycles. The molecule has 0 N–H and O–H groups in total. The number of anilines is 1. The summed E-state index contributed by atoms with van der Waals surface area (Å²) < 4.78 is 8.77. The number of aryl methyl sites for hydroxylation is 2. The molecule has 5 aromatic carbocycles. The fourth-order valence-electron chi connectivity index (χ4n) is 7.51. The molecule has 1 aliphatic carbocycles. The first-order chi connectivity index (χ1) is 23.2. The van der Waals surface area contributed by atoms with Crippen molar-refractivity contribution < 1.29 is 4.74 Å². The van der Waals surface area contributed by atoms with Gasteiger partial charge in [-0.3, -0.25) is 4.57 Å². The van der Waals surface area contributed by atoms with Gasteiger partial charge in [-0.25, -0.2) is 4.98 Å². The Balaban J connectivity index is 1.06. The number of allylic oxidation sites excluding steroid dienone is 1. The van der Waals surface area contributed by atoms with E-state index in [0.29, 0.717) is 0 Å². The highest BCUT2D eigenvalue weighted by Crippen LogP contribution is 2.43. The summed E-state index contributed by atoms with van der Waals surface area (Å²) in [6.07, 6.45) is 6.31. The summed E-state index contributed by atoms with van der Waals surface area (Å²) in [5.41, 5.74) is 10.3. The second-order valence-corrected chi connectivity index (χ2v) is 12.5. The van der Waals surface area contributed by atoms with Crippen molar-refractivity contribution in [3.05, 3.63) is 174 Å². The van der Waals surface area contributed by atoms with Crippen molar-refractivity contribution in [2.75, 3.05) is 18.6 Å². The van der Waals surface area contributed by atoms with Gasteiger partial charge in [-0.2, -0.15) is 0 Å². The first kappa shape index (κ1) is 27.5. The van der Waals surface area contributed by atoms with Crippen LogP contribution in [-0.2, 0) is 12.8 Å². The number of rotatable bonds is 5. The zero-order valence-corrected chi connectivity index (χ0v) is 26.3. The highest BCUT2D eigenvalue weighted by Gasteiger charge is 2.32. The van der Waals surface area contributed by atoms with Crippen LogP contribution in [0.3, 0.4) is 0 Å². The van der Waals surface area contributed by atoms with Crippen LogP contribution in [0, 0.1) is 0 Å². The fraction of sp³-hybridized carbons (Fsp3) is 0.119. The van der Waals surface area contributed by atoms with E-state index in [9.17, 15) is 0 Å². The Bertz CT molecular complexity index is 2260. The van der Waals surface area contributed by atoms with Gasteiger partial charge in [0.2, 0.25) is 0 Å². The summed E-state index contributed by atoms with van der Waals surface area (Å²) >= 11 is 0. The largest absolute Gasteiger partial charge is 0.457 e. The van der Waals surface area contributed by atoms with E-state index < -0.39 is 0 Å². The number of para-hydroxylation sites is 1. The van der Waals surface area contributed by atoms with Gasteiger partial charge in [0, 0.05) is 53.7 Å². The maximum Gasteiger partial charge on any atom is 0.137 e. The van der Waals surface area contributed by atoms with Gasteiger partial charge >= 0.3 is 0 Å². The molecule has 0 atom stereocenters. The van der Waals surface area contributed by atoms with Crippen LogP contribution in [0.4, 0.5) is 5.69 Å². The van der Waals surface area contributed by atoms with Gasteiger partial charge in [-0.1, -0.05) is 78.9 Å². The smallest absolute Gasteiger partial charge is 0.137 e. The first-order valence-corrected chi connectivity index (χ1v) is 16.3. The Hall–Kier alpha value is -5.81. The highest BCUT2D eigenvalue weighted by molar-refractivity contribution is 6.09. The molecule has 9 rings (SSSR count). The Morgan fingerprint density at radius 2 is 1.34 bits per heavy atom. The molecule has 228 valence electrons. The standard InChI is InChI=1S/C42H34N4O/c1-44-28-45(27-40(44)42-34-15-4-2-11-29(34)20-21-30-12-3-5-16-35(30)42)31-13-10-14-32(25-31)47-33-22-23-37-36-17-6-7-18-38(36)46(39(37)26-33)41-19-8-9-24-43-41/h2-19,22-27,42H,20-21,28H2,1H3. The Kier molecular flexibility index (Phi) is 6.56. The molecule has 0 amide bonds. The van der Waals surface area contributed by atoms with Crippen LogP contribution in [0.2, 0.25) is 0 Å². The van der Waals surface area contributed by atoms with Gasteiger partial charge < -0.3 is 14.5 Å². The van der Waals surface area contributed by atoms with Crippen LogP contribution in [0.1, 0.15) is 28.2 Å². The first-order valence-electron chi connectivity index (χ1n) is 16.3. The molecule has 7 aromatic rings. The minimum absolute atomic E-state index is 0.192. The topological polar surface area (TPSA) is 33.5 Å². The van der Waals surface area contributed by atoms with Gasteiger partial charge in [-0.15, -0.1) is 0 Å². The maximum absolute atomic E-state index is 6.56. The number of benzene rings is 5. The molecule has 5 heteroatoms. The molecule has 1 aliphatic heterocycles. The number of hydrogen-bond donors (Lipinski definition) is 0. The lowest BCUT2D eigenvalue weighted by Crippen LogP contribution is -2.25. The molecule has 0 bridgehead atoms. The third kappa shape index (κ3) is 4.74. The normalized spacial score (nSPS) is 14.6. The number of likely N-dealkylation sites (N-methyl/N-ethyl adjacent to an activating group) is 1. The van der Waals surface area contributed by atoms with Crippen molar-refractivity contribution in [1.29, 1.82) is 0 Å². The molecular formula is C42H34N4O. The van der Waals surface area contributed by atoms with E-state index in [1.54, 1.807) is 0 Å². The average Bonchev–Trinajstić information content (AvgIpc) is 3.60. The second kappa shape index (κ2) is 11.2. The minimum atomic E-state index is 0.192. The summed E-state index contributed by atoms with van der Waals surface area (Å²) in [5, 5.41) is 2.37. The predicted octanol–water partition coefficient (Wildman–Crippen LogP) is 9.45. The summed E-state index contributed by atoms with van der Waals surface area (Å²) in [5.74, 6) is 2.67.